The van der Waals surface area contributed by atoms with E-state index >= 15 is 0 Å². The maximum absolute atomic E-state index is 3.69. The second-order valence-electron chi connectivity index (χ2n) is 7.40. The van der Waals surface area contributed by atoms with Crippen molar-refractivity contribution in [1.29, 1.82) is 0 Å². The summed E-state index contributed by atoms with van der Waals surface area (Å²) in [5.74, 6) is 0. The minimum atomic E-state index is 0.882. The molecule has 0 aliphatic heterocycles. The second kappa shape index (κ2) is 7.79. The van der Waals surface area contributed by atoms with Crippen LogP contribution in [0.3, 0.4) is 0 Å². The summed E-state index contributed by atoms with van der Waals surface area (Å²) in [6.45, 7) is 2.61. The lowest BCUT2D eigenvalue weighted by Crippen LogP contribution is -2.46. The summed E-state index contributed by atoms with van der Waals surface area (Å²) in [5.41, 5.74) is 0. The van der Waals surface area contributed by atoms with Crippen LogP contribution in [0.4, 0.5) is 0 Å². The number of nitrogens with zero attached hydrogens (tertiary/aromatic N) is 1. The summed E-state index contributed by atoms with van der Waals surface area (Å²) in [6, 6.07) is 2.73. The molecule has 1 N–H and O–H groups in total. The summed E-state index contributed by atoms with van der Waals surface area (Å²) in [7, 11) is 0. The first-order chi connectivity index (χ1) is 9.93. The average molecular weight is 278 g/mol. The lowest BCUT2D eigenvalue weighted by molar-refractivity contribution is 0.0796. The monoisotopic (exact) mass is 278 g/mol. The van der Waals surface area contributed by atoms with Gasteiger partial charge in [0.1, 0.15) is 0 Å². The minimum absolute atomic E-state index is 0.882. The quantitative estimate of drug-likeness (QED) is 0.705. The Hall–Kier alpha value is -0.0800. The molecular weight excluding hydrogens is 244 g/mol. The molecule has 0 aromatic carbocycles. The Balaban J connectivity index is 1.47. The molecule has 0 bridgehead atoms. The fourth-order valence-electron chi connectivity index (χ4n) is 4.34. The molecule has 0 heterocycles. The van der Waals surface area contributed by atoms with Crippen molar-refractivity contribution in [1.82, 2.24) is 10.2 Å². The van der Waals surface area contributed by atoms with Gasteiger partial charge in [0.15, 0.2) is 0 Å². The fourth-order valence-corrected chi connectivity index (χ4v) is 4.34. The number of hydrogen-bond acceptors (Lipinski definition) is 2. The Morgan fingerprint density at radius 1 is 0.700 bits per heavy atom. The molecule has 0 amide bonds. The number of hydrogen-bond donors (Lipinski definition) is 1. The fraction of sp³-hybridized carbons (Fsp3) is 1.00. The van der Waals surface area contributed by atoms with Gasteiger partial charge in [-0.15, -0.1) is 0 Å². The SMILES string of the molecule is C1CCC(N(CCCNC2CC2)C2CCCCC2)CC1. The first-order valence-corrected chi connectivity index (χ1v) is 9.42. The summed E-state index contributed by atoms with van der Waals surface area (Å²) < 4.78 is 0. The van der Waals surface area contributed by atoms with Crippen molar-refractivity contribution in [3.05, 3.63) is 0 Å². The zero-order chi connectivity index (χ0) is 13.6. The van der Waals surface area contributed by atoms with E-state index in [4.69, 9.17) is 0 Å². The third-order valence-electron chi connectivity index (χ3n) is 5.69. The second-order valence-corrected chi connectivity index (χ2v) is 7.40. The van der Waals surface area contributed by atoms with E-state index in [2.05, 4.69) is 10.2 Å². The molecule has 0 saturated heterocycles. The van der Waals surface area contributed by atoms with Crippen LogP contribution in [-0.4, -0.2) is 36.1 Å². The number of rotatable bonds is 7. The molecule has 3 saturated carbocycles. The van der Waals surface area contributed by atoms with E-state index in [1.165, 1.54) is 96.6 Å². The predicted octanol–water partition coefficient (Wildman–Crippen LogP) is 4.10. The van der Waals surface area contributed by atoms with E-state index in [-0.39, 0.29) is 0 Å². The summed E-state index contributed by atoms with van der Waals surface area (Å²) >= 11 is 0. The van der Waals surface area contributed by atoms with Crippen LogP contribution in [0, 0.1) is 0 Å². The molecular formula is C18H34N2. The van der Waals surface area contributed by atoms with Crippen molar-refractivity contribution >= 4 is 0 Å². The lowest BCUT2D eigenvalue weighted by Gasteiger charge is -2.41. The largest absolute Gasteiger partial charge is 0.314 e. The van der Waals surface area contributed by atoms with Gasteiger partial charge in [-0.2, -0.15) is 0 Å². The van der Waals surface area contributed by atoms with Gasteiger partial charge in [-0.3, -0.25) is 4.90 Å². The van der Waals surface area contributed by atoms with Gasteiger partial charge < -0.3 is 5.32 Å². The van der Waals surface area contributed by atoms with Gasteiger partial charge in [-0.05, 0) is 58.0 Å². The molecule has 0 atom stereocenters. The van der Waals surface area contributed by atoms with Crippen molar-refractivity contribution in [2.45, 2.75) is 102 Å². The highest BCUT2D eigenvalue weighted by Crippen LogP contribution is 2.30. The van der Waals surface area contributed by atoms with Crippen LogP contribution >= 0.6 is 0 Å². The van der Waals surface area contributed by atoms with Gasteiger partial charge in [-0.1, -0.05) is 38.5 Å². The van der Waals surface area contributed by atoms with Crippen molar-refractivity contribution in [3.8, 4) is 0 Å². The molecule has 2 heteroatoms. The third-order valence-corrected chi connectivity index (χ3v) is 5.69. The van der Waals surface area contributed by atoms with Gasteiger partial charge in [0.2, 0.25) is 0 Å². The topological polar surface area (TPSA) is 15.3 Å². The Bertz CT molecular complexity index is 245. The van der Waals surface area contributed by atoms with Crippen molar-refractivity contribution in [2.75, 3.05) is 13.1 Å². The van der Waals surface area contributed by atoms with Crippen LogP contribution in [0.15, 0.2) is 0 Å². The highest BCUT2D eigenvalue weighted by atomic mass is 15.2. The first-order valence-electron chi connectivity index (χ1n) is 9.42. The molecule has 3 aliphatic carbocycles. The van der Waals surface area contributed by atoms with E-state index < -0.39 is 0 Å². The molecule has 0 aromatic heterocycles. The van der Waals surface area contributed by atoms with Crippen molar-refractivity contribution < 1.29 is 0 Å². The molecule has 2 nitrogen and oxygen atoms in total. The molecule has 0 radical (unpaired) electrons. The predicted molar refractivity (Wildman–Crippen MR) is 86.1 cm³/mol. The van der Waals surface area contributed by atoms with Crippen molar-refractivity contribution in [2.24, 2.45) is 0 Å². The van der Waals surface area contributed by atoms with E-state index in [0.29, 0.717) is 0 Å². The highest BCUT2D eigenvalue weighted by Gasteiger charge is 2.28. The molecule has 0 unspecified atom stereocenters. The van der Waals surface area contributed by atoms with E-state index in [0.717, 1.165) is 18.1 Å². The van der Waals surface area contributed by atoms with Gasteiger partial charge in [0, 0.05) is 18.1 Å². The normalized spacial score (nSPS) is 26.2. The zero-order valence-corrected chi connectivity index (χ0v) is 13.3. The van der Waals surface area contributed by atoms with Crippen LogP contribution in [-0.2, 0) is 0 Å². The van der Waals surface area contributed by atoms with Crippen molar-refractivity contribution in [3.63, 3.8) is 0 Å². The Morgan fingerprint density at radius 2 is 1.25 bits per heavy atom. The zero-order valence-electron chi connectivity index (χ0n) is 13.3. The molecule has 0 aromatic rings. The summed E-state index contributed by atoms with van der Waals surface area (Å²) in [6.07, 6.45) is 19.0. The number of nitrogens with one attached hydrogen (secondary N) is 1. The van der Waals surface area contributed by atoms with Crippen LogP contribution in [0.2, 0.25) is 0 Å². The minimum Gasteiger partial charge on any atom is -0.314 e. The maximum atomic E-state index is 3.69. The van der Waals surface area contributed by atoms with E-state index in [1.807, 2.05) is 0 Å². The summed E-state index contributed by atoms with van der Waals surface area (Å²) in [4.78, 5) is 2.95. The molecule has 3 rings (SSSR count). The molecule has 116 valence electrons. The van der Waals surface area contributed by atoms with Crippen LogP contribution in [0.1, 0.15) is 83.5 Å². The van der Waals surface area contributed by atoms with Crippen LogP contribution in [0.5, 0.6) is 0 Å². The molecule has 0 spiro atoms. The van der Waals surface area contributed by atoms with Gasteiger partial charge in [-0.25, -0.2) is 0 Å². The Labute approximate surface area is 125 Å². The van der Waals surface area contributed by atoms with E-state index in [1.54, 1.807) is 0 Å². The van der Waals surface area contributed by atoms with Gasteiger partial charge in [0.05, 0.1) is 0 Å². The Morgan fingerprint density at radius 3 is 1.75 bits per heavy atom. The standard InChI is InChI=1S/C18H34N2/c1-3-8-17(9-4-1)20(18-10-5-2-6-11-18)15-7-14-19-16-12-13-16/h16-19H,1-15H2. The third kappa shape index (κ3) is 4.46. The van der Waals surface area contributed by atoms with Crippen LogP contribution < -0.4 is 5.32 Å². The first kappa shape index (κ1) is 14.8. The smallest absolute Gasteiger partial charge is 0.00982 e. The molecule has 20 heavy (non-hydrogen) atoms. The lowest BCUT2D eigenvalue weighted by atomic mass is 9.88. The van der Waals surface area contributed by atoms with Gasteiger partial charge >= 0.3 is 0 Å². The molecule has 3 fully saturated rings. The van der Waals surface area contributed by atoms with E-state index in [9.17, 15) is 0 Å². The van der Waals surface area contributed by atoms with Gasteiger partial charge in [0.25, 0.3) is 0 Å². The maximum Gasteiger partial charge on any atom is 0.00982 e. The average Bonchev–Trinajstić information content (AvgIpc) is 3.33. The summed E-state index contributed by atoms with van der Waals surface area (Å²) in [5, 5.41) is 3.69. The van der Waals surface area contributed by atoms with Crippen LogP contribution in [0.25, 0.3) is 0 Å². The Kier molecular flexibility index (Phi) is 5.78. The highest BCUT2D eigenvalue weighted by molar-refractivity contribution is 4.85. The molecule has 3 aliphatic rings.